The van der Waals surface area contributed by atoms with Crippen molar-refractivity contribution >= 4 is 0 Å². The lowest BCUT2D eigenvalue weighted by molar-refractivity contribution is -0.754. The lowest BCUT2D eigenvalue weighted by Gasteiger charge is -2.22. The summed E-state index contributed by atoms with van der Waals surface area (Å²) >= 11 is 0. The summed E-state index contributed by atoms with van der Waals surface area (Å²) in [7, 11) is 0. The minimum absolute atomic E-state index is 0.168. The van der Waals surface area contributed by atoms with Crippen molar-refractivity contribution in [2.75, 3.05) is 13.2 Å². The first-order valence-electron chi connectivity index (χ1n) is 6.17. The van der Waals surface area contributed by atoms with Crippen LogP contribution in [0.4, 0.5) is 0 Å². The van der Waals surface area contributed by atoms with Crippen LogP contribution in [0.15, 0.2) is 24.5 Å². The van der Waals surface area contributed by atoms with Crippen molar-refractivity contribution in [2.24, 2.45) is 0 Å². The Morgan fingerprint density at radius 1 is 1.25 bits per heavy atom. The van der Waals surface area contributed by atoms with Gasteiger partial charge in [-0.15, -0.1) is 0 Å². The molecule has 1 fully saturated rings. The van der Waals surface area contributed by atoms with Gasteiger partial charge >= 0.3 is 0 Å². The Bertz CT molecular complexity index is 348. The zero-order valence-corrected chi connectivity index (χ0v) is 10.6. The lowest BCUT2D eigenvalue weighted by atomic mass is 9.92. The lowest BCUT2D eigenvalue weighted by Crippen LogP contribution is -2.49. The van der Waals surface area contributed by atoms with Crippen LogP contribution in [0.25, 0.3) is 0 Å². The summed E-state index contributed by atoms with van der Waals surface area (Å²) < 4.78 is 7.72. The molecule has 0 bridgehead atoms. The number of nitrogens with zero attached hydrogens (tertiary/aromatic N) is 1. The van der Waals surface area contributed by atoms with Crippen molar-refractivity contribution in [3.63, 3.8) is 0 Å². The van der Waals surface area contributed by atoms with E-state index in [0.717, 1.165) is 26.1 Å². The standard InChI is InChI=1S/C14H22NO/c1-14(2,3)15-8-4-5-13(11-15)12-6-9-16-10-7-12/h4-5,8,11-12H,6-7,9-10H2,1-3H3/q+1. The summed E-state index contributed by atoms with van der Waals surface area (Å²) in [6.07, 6.45) is 6.78. The van der Waals surface area contributed by atoms with Crippen LogP contribution in [0, 0.1) is 0 Å². The van der Waals surface area contributed by atoms with E-state index in [-0.39, 0.29) is 5.54 Å². The van der Waals surface area contributed by atoms with E-state index in [0.29, 0.717) is 5.92 Å². The predicted molar refractivity (Wildman–Crippen MR) is 64.4 cm³/mol. The van der Waals surface area contributed by atoms with Crippen LogP contribution in [0.1, 0.15) is 45.1 Å². The molecular weight excluding hydrogens is 198 g/mol. The molecule has 0 unspecified atom stereocenters. The molecule has 2 rings (SSSR count). The third-order valence-electron chi connectivity index (χ3n) is 3.29. The van der Waals surface area contributed by atoms with E-state index < -0.39 is 0 Å². The van der Waals surface area contributed by atoms with Crippen molar-refractivity contribution in [1.82, 2.24) is 0 Å². The number of hydrogen-bond donors (Lipinski definition) is 0. The molecule has 16 heavy (non-hydrogen) atoms. The highest BCUT2D eigenvalue weighted by atomic mass is 16.5. The third kappa shape index (κ3) is 2.62. The van der Waals surface area contributed by atoms with Crippen LogP contribution in [0.2, 0.25) is 0 Å². The van der Waals surface area contributed by atoms with E-state index in [9.17, 15) is 0 Å². The molecule has 2 heteroatoms. The monoisotopic (exact) mass is 220 g/mol. The summed E-state index contributed by atoms with van der Waals surface area (Å²) in [6, 6.07) is 4.41. The number of pyridine rings is 1. The van der Waals surface area contributed by atoms with Gasteiger partial charge in [0.05, 0.1) is 0 Å². The maximum Gasteiger partial charge on any atom is 0.172 e. The molecule has 0 aromatic carbocycles. The van der Waals surface area contributed by atoms with Crippen LogP contribution in [-0.4, -0.2) is 13.2 Å². The first-order valence-corrected chi connectivity index (χ1v) is 6.17. The molecule has 2 heterocycles. The Balaban J connectivity index is 2.21. The average Bonchev–Trinajstić information content (AvgIpc) is 2.29. The molecule has 0 radical (unpaired) electrons. The molecule has 1 aromatic rings. The minimum atomic E-state index is 0.168. The molecule has 0 aliphatic carbocycles. The molecule has 0 N–H and O–H groups in total. The fourth-order valence-corrected chi connectivity index (χ4v) is 2.18. The van der Waals surface area contributed by atoms with Gasteiger partial charge in [0.1, 0.15) is 0 Å². The molecular formula is C14H22NO+. The molecule has 88 valence electrons. The summed E-state index contributed by atoms with van der Waals surface area (Å²) in [5.41, 5.74) is 1.63. The normalized spacial score (nSPS) is 18.7. The largest absolute Gasteiger partial charge is 0.381 e. The smallest absolute Gasteiger partial charge is 0.172 e. The van der Waals surface area contributed by atoms with Crippen molar-refractivity contribution in [2.45, 2.75) is 45.1 Å². The van der Waals surface area contributed by atoms with Crippen LogP contribution in [0.5, 0.6) is 0 Å². The Morgan fingerprint density at radius 3 is 2.56 bits per heavy atom. The highest BCUT2D eigenvalue weighted by molar-refractivity contribution is 5.12. The molecule has 0 atom stereocenters. The fourth-order valence-electron chi connectivity index (χ4n) is 2.18. The number of hydrogen-bond acceptors (Lipinski definition) is 1. The fraction of sp³-hybridized carbons (Fsp3) is 0.643. The van der Waals surface area contributed by atoms with E-state index in [1.165, 1.54) is 5.56 Å². The topological polar surface area (TPSA) is 13.1 Å². The molecule has 0 spiro atoms. The van der Waals surface area contributed by atoms with Crippen molar-refractivity contribution in [3.05, 3.63) is 30.1 Å². The molecule has 1 aliphatic rings. The molecule has 1 aliphatic heterocycles. The first-order chi connectivity index (χ1) is 7.57. The highest BCUT2D eigenvalue weighted by Gasteiger charge is 2.24. The van der Waals surface area contributed by atoms with Gasteiger partial charge in [-0.1, -0.05) is 0 Å². The summed E-state index contributed by atoms with van der Waals surface area (Å²) in [4.78, 5) is 0. The summed E-state index contributed by atoms with van der Waals surface area (Å²) in [5.74, 6) is 0.684. The number of ether oxygens (including phenoxy) is 1. The second-order valence-electron chi connectivity index (χ2n) is 5.60. The van der Waals surface area contributed by atoms with E-state index in [1.807, 2.05) is 0 Å². The second kappa shape index (κ2) is 4.54. The van der Waals surface area contributed by atoms with Crippen molar-refractivity contribution in [3.8, 4) is 0 Å². The van der Waals surface area contributed by atoms with Crippen LogP contribution in [0.3, 0.4) is 0 Å². The number of rotatable bonds is 1. The zero-order valence-electron chi connectivity index (χ0n) is 10.6. The Labute approximate surface area is 98.3 Å². The molecule has 2 nitrogen and oxygen atoms in total. The molecule has 1 saturated heterocycles. The van der Waals surface area contributed by atoms with Crippen LogP contribution < -0.4 is 4.57 Å². The van der Waals surface area contributed by atoms with Gasteiger partial charge in [-0.25, -0.2) is 4.57 Å². The number of aromatic nitrogens is 1. The Kier molecular flexibility index (Phi) is 3.29. The van der Waals surface area contributed by atoms with E-state index in [1.54, 1.807) is 0 Å². The van der Waals surface area contributed by atoms with Gasteiger partial charge < -0.3 is 4.74 Å². The van der Waals surface area contributed by atoms with Crippen molar-refractivity contribution < 1.29 is 9.30 Å². The zero-order chi connectivity index (χ0) is 11.6. The van der Waals surface area contributed by atoms with Crippen LogP contribution >= 0.6 is 0 Å². The van der Waals surface area contributed by atoms with Gasteiger partial charge in [0.2, 0.25) is 0 Å². The van der Waals surface area contributed by atoms with Gasteiger partial charge in [-0.05, 0) is 24.8 Å². The Morgan fingerprint density at radius 2 is 1.94 bits per heavy atom. The van der Waals surface area contributed by atoms with E-state index in [4.69, 9.17) is 4.74 Å². The average molecular weight is 220 g/mol. The Hall–Kier alpha value is -0.890. The maximum absolute atomic E-state index is 5.41. The van der Waals surface area contributed by atoms with Gasteiger partial charge in [-0.2, -0.15) is 0 Å². The second-order valence-corrected chi connectivity index (χ2v) is 5.60. The molecule has 0 amide bonds. The highest BCUT2D eigenvalue weighted by Crippen LogP contribution is 2.25. The van der Waals surface area contributed by atoms with Crippen LogP contribution in [-0.2, 0) is 10.3 Å². The van der Waals surface area contributed by atoms with Crippen molar-refractivity contribution in [1.29, 1.82) is 0 Å². The third-order valence-corrected chi connectivity index (χ3v) is 3.29. The van der Waals surface area contributed by atoms with E-state index >= 15 is 0 Å². The minimum Gasteiger partial charge on any atom is -0.381 e. The summed E-state index contributed by atoms with van der Waals surface area (Å²) in [6.45, 7) is 8.53. The summed E-state index contributed by atoms with van der Waals surface area (Å²) in [5, 5.41) is 0. The SMILES string of the molecule is CC(C)(C)[n+]1cccc(C2CCOCC2)c1. The van der Waals surface area contributed by atoms with Gasteiger partial charge in [-0.3, -0.25) is 0 Å². The maximum atomic E-state index is 5.41. The van der Waals surface area contributed by atoms with Gasteiger partial charge in [0, 0.05) is 45.6 Å². The predicted octanol–water partition coefficient (Wildman–Crippen LogP) is 2.62. The quantitative estimate of drug-likeness (QED) is 0.663. The van der Waals surface area contributed by atoms with Gasteiger partial charge in [0.25, 0.3) is 0 Å². The first kappa shape index (κ1) is 11.6. The van der Waals surface area contributed by atoms with Gasteiger partial charge in [0.15, 0.2) is 17.9 Å². The molecule has 1 aromatic heterocycles. The molecule has 0 saturated carbocycles. The van der Waals surface area contributed by atoms with E-state index in [2.05, 4.69) is 49.9 Å².